The molecule has 0 saturated carbocycles. The van der Waals surface area contributed by atoms with Gasteiger partial charge in [0.05, 0.1) is 6.04 Å². The molecule has 1 atom stereocenters. The summed E-state index contributed by atoms with van der Waals surface area (Å²) in [6.07, 6.45) is 4.14. The van der Waals surface area contributed by atoms with E-state index in [4.69, 9.17) is 4.74 Å². The van der Waals surface area contributed by atoms with Crippen LogP contribution in [0, 0.1) is 0 Å². The van der Waals surface area contributed by atoms with Crippen molar-refractivity contribution in [3.05, 3.63) is 101 Å². The van der Waals surface area contributed by atoms with Gasteiger partial charge in [0.15, 0.2) is 6.10 Å². The Morgan fingerprint density at radius 1 is 0.828 bits per heavy atom. The van der Waals surface area contributed by atoms with E-state index in [9.17, 15) is 4.79 Å². The Kier molecular flexibility index (Phi) is 5.95. The molecule has 3 aromatic carbocycles. The topological polar surface area (TPSA) is 38.3 Å². The second kappa shape index (κ2) is 8.95. The van der Waals surface area contributed by atoms with E-state index in [-0.39, 0.29) is 11.9 Å². The molecule has 0 saturated heterocycles. The lowest BCUT2D eigenvalue weighted by Gasteiger charge is -2.23. The van der Waals surface area contributed by atoms with Crippen LogP contribution < -0.4 is 10.1 Å². The molecule has 3 aromatic rings. The summed E-state index contributed by atoms with van der Waals surface area (Å²) in [5, 5.41) is 3.17. The molecule has 0 radical (unpaired) electrons. The van der Waals surface area contributed by atoms with Crippen molar-refractivity contribution in [2.45, 2.75) is 44.8 Å². The van der Waals surface area contributed by atoms with Crippen LogP contribution in [0.3, 0.4) is 0 Å². The summed E-state index contributed by atoms with van der Waals surface area (Å²) in [7, 11) is 0. The maximum Gasteiger partial charge on any atom is 0.261 e. The number of nitrogens with one attached hydrogen (secondary N) is 1. The molecule has 3 heteroatoms. The maximum atomic E-state index is 13.0. The van der Waals surface area contributed by atoms with E-state index in [1.54, 1.807) is 0 Å². The molecule has 0 aromatic heterocycles. The van der Waals surface area contributed by atoms with E-state index in [0.717, 1.165) is 29.7 Å². The average molecular weight is 386 g/mol. The second-order valence-electron chi connectivity index (χ2n) is 7.66. The van der Waals surface area contributed by atoms with Crippen LogP contribution in [0.1, 0.15) is 48.1 Å². The minimum Gasteiger partial charge on any atom is -0.481 e. The third kappa shape index (κ3) is 4.68. The minimum absolute atomic E-state index is 0.125. The first-order valence-electron chi connectivity index (χ1n) is 10.4. The highest BCUT2D eigenvalue weighted by atomic mass is 16.5. The van der Waals surface area contributed by atoms with Gasteiger partial charge in [-0.2, -0.15) is 0 Å². The Bertz CT molecular complexity index is 913. The van der Waals surface area contributed by atoms with E-state index in [0.29, 0.717) is 0 Å². The Labute approximate surface area is 172 Å². The Morgan fingerprint density at radius 3 is 2.03 bits per heavy atom. The maximum absolute atomic E-state index is 13.0. The molecule has 29 heavy (non-hydrogen) atoms. The molecule has 1 amide bonds. The van der Waals surface area contributed by atoms with Crippen LogP contribution in [0.15, 0.2) is 78.9 Å². The van der Waals surface area contributed by atoms with Gasteiger partial charge in [-0.05, 0) is 67.0 Å². The number of carbonyl (C=O) groups excluding carboxylic acids is 1. The first kappa shape index (κ1) is 19.3. The van der Waals surface area contributed by atoms with Gasteiger partial charge in [-0.3, -0.25) is 4.79 Å². The fourth-order valence-electron chi connectivity index (χ4n) is 3.95. The summed E-state index contributed by atoms with van der Waals surface area (Å²) in [6.45, 7) is 1.81. The Morgan fingerprint density at radius 2 is 1.41 bits per heavy atom. The van der Waals surface area contributed by atoms with Gasteiger partial charge in [0.2, 0.25) is 0 Å². The minimum atomic E-state index is -0.577. The monoisotopic (exact) mass is 385 g/mol. The number of benzene rings is 3. The van der Waals surface area contributed by atoms with Crippen molar-refractivity contribution in [1.82, 2.24) is 5.32 Å². The molecule has 1 N–H and O–H groups in total. The van der Waals surface area contributed by atoms with Crippen LogP contribution in [-0.4, -0.2) is 12.0 Å². The van der Waals surface area contributed by atoms with Gasteiger partial charge < -0.3 is 10.1 Å². The highest BCUT2D eigenvalue weighted by molar-refractivity contribution is 5.81. The van der Waals surface area contributed by atoms with Crippen LogP contribution in [0.5, 0.6) is 5.75 Å². The third-order valence-electron chi connectivity index (χ3n) is 5.55. The number of rotatable bonds is 6. The first-order valence-corrected chi connectivity index (χ1v) is 10.4. The van der Waals surface area contributed by atoms with E-state index >= 15 is 0 Å². The number of carbonyl (C=O) groups is 1. The predicted octanol–water partition coefficient (Wildman–Crippen LogP) is 5.24. The summed E-state index contributed by atoms with van der Waals surface area (Å²) in [5.41, 5.74) is 4.86. The SMILES string of the molecule is C[C@@H](Oc1ccc2c(c1)CCCC2)C(=O)NC(c1ccccc1)c1ccccc1. The van der Waals surface area contributed by atoms with Crippen molar-refractivity contribution in [1.29, 1.82) is 0 Å². The van der Waals surface area contributed by atoms with Gasteiger partial charge in [0.1, 0.15) is 5.75 Å². The number of hydrogen-bond donors (Lipinski definition) is 1. The van der Waals surface area contributed by atoms with Gasteiger partial charge in [0.25, 0.3) is 5.91 Å². The summed E-state index contributed by atoms with van der Waals surface area (Å²) < 4.78 is 6.00. The molecule has 0 aliphatic heterocycles. The average Bonchev–Trinajstić information content (AvgIpc) is 2.78. The number of fused-ring (bicyclic) bond motifs is 1. The van der Waals surface area contributed by atoms with Gasteiger partial charge in [-0.25, -0.2) is 0 Å². The van der Waals surface area contributed by atoms with E-state index in [2.05, 4.69) is 17.4 Å². The number of aryl methyl sites for hydroxylation is 2. The van der Waals surface area contributed by atoms with Crippen molar-refractivity contribution in [2.75, 3.05) is 0 Å². The molecule has 148 valence electrons. The van der Waals surface area contributed by atoms with Gasteiger partial charge in [-0.15, -0.1) is 0 Å². The predicted molar refractivity (Wildman–Crippen MR) is 116 cm³/mol. The van der Waals surface area contributed by atoms with Crippen molar-refractivity contribution in [2.24, 2.45) is 0 Å². The van der Waals surface area contributed by atoms with Crippen LogP contribution >= 0.6 is 0 Å². The summed E-state index contributed by atoms with van der Waals surface area (Å²) in [4.78, 5) is 13.0. The van der Waals surface area contributed by atoms with Crippen molar-refractivity contribution >= 4 is 5.91 Å². The molecule has 0 bridgehead atoms. The molecular formula is C26H27NO2. The quantitative estimate of drug-likeness (QED) is 0.630. The smallest absolute Gasteiger partial charge is 0.261 e. The zero-order valence-corrected chi connectivity index (χ0v) is 16.8. The zero-order valence-electron chi connectivity index (χ0n) is 16.8. The number of hydrogen-bond acceptors (Lipinski definition) is 2. The van der Waals surface area contributed by atoms with Gasteiger partial charge in [-0.1, -0.05) is 66.7 Å². The number of amides is 1. The normalized spacial score (nSPS) is 14.1. The van der Waals surface area contributed by atoms with Crippen LogP contribution in [0.25, 0.3) is 0 Å². The molecule has 3 nitrogen and oxygen atoms in total. The summed E-state index contributed by atoms with van der Waals surface area (Å²) in [6, 6.07) is 26.1. The van der Waals surface area contributed by atoms with E-state index < -0.39 is 6.10 Å². The molecular weight excluding hydrogens is 358 g/mol. The summed E-state index contributed by atoms with van der Waals surface area (Å²) >= 11 is 0. The van der Waals surface area contributed by atoms with Gasteiger partial charge in [0, 0.05) is 0 Å². The highest BCUT2D eigenvalue weighted by Crippen LogP contribution is 2.26. The zero-order chi connectivity index (χ0) is 20.1. The van der Waals surface area contributed by atoms with E-state index in [1.807, 2.05) is 73.7 Å². The lowest BCUT2D eigenvalue weighted by molar-refractivity contribution is -0.127. The molecule has 1 aliphatic rings. The van der Waals surface area contributed by atoms with Crippen LogP contribution in [0.2, 0.25) is 0 Å². The van der Waals surface area contributed by atoms with Crippen molar-refractivity contribution < 1.29 is 9.53 Å². The molecule has 0 unspecified atom stereocenters. The molecule has 0 fully saturated rings. The third-order valence-corrected chi connectivity index (χ3v) is 5.55. The molecule has 0 spiro atoms. The second-order valence-corrected chi connectivity index (χ2v) is 7.66. The molecule has 4 rings (SSSR count). The molecule has 1 aliphatic carbocycles. The Balaban J connectivity index is 1.48. The van der Waals surface area contributed by atoms with Gasteiger partial charge >= 0.3 is 0 Å². The van der Waals surface area contributed by atoms with Crippen molar-refractivity contribution in [3.63, 3.8) is 0 Å². The largest absolute Gasteiger partial charge is 0.481 e. The molecule has 0 heterocycles. The highest BCUT2D eigenvalue weighted by Gasteiger charge is 2.22. The van der Waals surface area contributed by atoms with Crippen LogP contribution in [0.4, 0.5) is 0 Å². The fourth-order valence-corrected chi connectivity index (χ4v) is 3.95. The summed E-state index contributed by atoms with van der Waals surface area (Å²) in [5.74, 6) is 0.643. The van der Waals surface area contributed by atoms with E-state index in [1.165, 1.54) is 24.0 Å². The lowest BCUT2D eigenvalue weighted by Crippen LogP contribution is -2.39. The fraction of sp³-hybridized carbons (Fsp3) is 0.269. The number of ether oxygens (including phenoxy) is 1. The first-order chi connectivity index (χ1) is 14.2. The Hall–Kier alpha value is -3.07. The van der Waals surface area contributed by atoms with Crippen LogP contribution in [-0.2, 0) is 17.6 Å². The standard InChI is InChI=1S/C26H27NO2/c1-19(29-24-17-16-20-10-8-9-15-23(20)18-24)26(28)27-25(21-11-4-2-5-12-21)22-13-6-3-7-14-22/h2-7,11-14,16-19,25H,8-10,15H2,1H3,(H,27,28)/t19-/m1/s1. The van der Waals surface area contributed by atoms with Crippen molar-refractivity contribution in [3.8, 4) is 5.75 Å². The lowest BCUT2D eigenvalue weighted by atomic mass is 9.92.